The van der Waals surface area contributed by atoms with Crippen LogP contribution in [0.5, 0.6) is 0 Å². The zero-order valence-corrected chi connectivity index (χ0v) is 12.9. The topological polar surface area (TPSA) is 34.8 Å². The highest BCUT2D eigenvalue weighted by molar-refractivity contribution is 9.10. The Morgan fingerprint density at radius 1 is 1.47 bits per heavy atom. The van der Waals surface area contributed by atoms with Gasteiger partial charge in [0.2, 0.25) is 0 Å². The summed E-state index contributed by atoms with van der Waals surface area (Å²) in [6.07, 6.45) is 4.79. The van der Waals surface area contributed by atoms with Crippen LogP contribution in [0.2, 0.25) is 0 Å². The van der Waals surface area contributed by atoms with E-state index in [9.17, 15) is 0 Å². The van der Waals surface area contributed by atoms with Crippen molar-refractivity contribution in [3.05, 3.63) is 39.9 Å². The van der Waals surface area contributed by atoms with Crippen molar-refractivity contribution in [2.24, 2.45) is 7.05 Å². The summed E-state index contributed by atoms with van der Waals surface area (Å²) in [5.41, 5.74) is 3.58. The van der Waals surface area contributed by atoms with Gasteiger partial charge in [0, 0.05) is 31.5 Å². The monoisotopic (exact) mass is 322 g/mol. The van der Waals surface area contributed by atoms with Gasteiger partial charge in [0.15, 0.2) is 0 Å². The van der Waals surface area contributed by atoms with Gasteiger partial charge in [-0.3, -0.25) is 4.68 Å². The molecule has 1 saturated carbocycles. The maximum absolute atomic E-state index is 4.45. The molecule has 1 aliphatic carbocycles. The van der Waals surface area contributed by atoms with Crippen LogP contribution in [0.1, 0.15) is 29.9 Å². The molecule has 0 aliphatic heterocycles. The van der Waals surface area contributed by atoms with E-state index in [1.165, 1.54) is 24.2 Å². The van der Waals surface area contributed by atoms with Gasteiger partial charge >= 0.3 is 0 Å². The Hall–Kier alpha value is -1.07. The number of halogens is 1. The van der Waals surface area contributed by atoms with Gasteiger partial charge in [0.05, 0.1) is 22.4 Å². The lowest BCUT2D eigenvalue weighted by Crippen LogP contribution is -2.18. The summed E-state index contributed by atoms with van der Waals surface area (Å²) in [5, 5.41) is 8.01. The molecule has 102 valence electrons. The lowest BCUT2D eigenvalue weighted by atomic mass is 10.3. The van der Waals surface area contributed by atoms with Crippen LogP contribution in [-0.2, 0) is 20.1 Å². The zero-order chi connectivity index (χ0) is 13.4. The van der Waals surface area contributed by atoms with Crippen molar-refractivity contribution in [1.82, 2.24) is 19.7 Å². The standard InChI is InChI=1S/C14H19BrN4/c1-10-14(15)13(18(2)17-10)9-19-7-3-4-12(19)8-16-11-5-6-11/h3-4,7,11,16H,5-6,8-9H2,1-2H3. The maximum atomic E-state index is 4.45. The summed E-state index contributed by atoms with van der Waals surface area (Å²) in [6, 6.07) is 5.04. The van der Waals surface area contributed by atoms with Crippen molar-refractivity contribution in [1.29, 1.82) is 0 Å². The van der Waals surface area contributed by atoms with Crippen molar-refractivity contribution in [2.75, 3.05) is 0 Å². The fraction of sp³-hybridized carbons (Fsp3) is 0.500. The average molecular weight is 323 g/mol. The number of aryl methyl sites for hydroxylation is 2. The van der Waals surface area contributed by atoms with Crippen molar-refractivity contribution < 1.29 is 0 Å². The summed E-state index contributed by atoms with van der Waals surface area (Å²) in [7, 11) is 2.00. The second-order valence-electron chi connectivity index (χ2n) is 5.25. The van der Waals surface area contributed by atoms with Gasteiger partial charge < -0.3 is 9.88 Å². The quantitative estimate of drug-likeness (QED) is 0.918. The third kappa shape index (κ3) is 2.77. The molecule has 1 fully saturated rings. The number of rotatable bonds is 5. The summed E-state index contributed by atoms with van der Waals surface area (Å²) in [6.45, 7) is 3.83. The molecule has 3 rings (SSSR count). The minimum atomic E-state index is 0.744. The molecule has 0 atom stereocenters. The van der Waals surface area contributed by atoms with Gasteiger partial charge in [-0.1, -0.05) is 0 Å². The molecule has 0 saturated heterocycles. The molecular formula is C14H19BrN4. The largest absolute Gasteiger partial charge is 0.344 e. The molecule has 0 aromatic carbocycles. The Morgan fingerprint density at radius 2 is 2.26 bits per heavy atom. The predicted octanol–water partition coefficient (Wildman–Crippen LogP) is 2.59. The van der Waals surface area contributed by atoms with E-state index >= 15 is 0 Å². The molecule has 4 nitrogen and oxygen atoms in total. The zero-order valence-electron chi connectivity index (χ0n) is 11.4. The van der Waals surface area contributed by atoms with Crippen LogP contribution < -0.4 is 5.32 Å². The smallest absolute Gasteiger partial charge is 0.0739 e. The molecule has 2 heterocycles. The van der Waals surface area contributed by atoms with Gasteiger partial charge in [0.25, 0.3) is 0 Å². The Balaban J connectivity index is 1.76. The molecule has 0 bridgehead atoms. The number of hydrogen-bond acceptors (Lipinski definition) is 2. The van der Waals surface area contributed by atoms with Crippen molar-refractivity contribution in [2.45, 2.75) is 38.9 Å². The molecule has 2 aromatic heterocycles. The fourth-order valence-electron chi connectivity index (χ4n) is 2.31. The van der Waals surface area contributed by atoms with E-state index in [0.29, 0.717) is 0 Å². The van der Waals surface area contributed by atoms with Gasteiger partial charge in [-0.25, -0.2) is 0 Å². The molecule has 1 aliphatic rings. The summed E-state index contributed by atoms with van der Waals surface area (Å²) >= 11 is 3.63. The summed E-state index contributed by atoms with van der Waals surface area (Å²) in [4.78, 5) is 0. The molecular weight excluding hydrogens is 304 g/mol. The minimum absolute atomic E-state index is 0.744. The van der Waals surface area contributed by atoms with Crippen LogP contribution in [0.4, 0.5) is 0 Å². The first-order valence-corrected chi connectivity index (χ1v) is 7.50. The molecule has 0 unspecified atom stereocenters. The van der Waals surface area contributed by atoms with E-state index < -0.39 is 0 Å². The Kier molecular flexibility index (Phi) is 3.50. The van der Waals surface area contributed by atoms with Gasteiger partial charge in [-0.05, 0) is 47.8 Å². The number of hydrogen-bond donors (Lipinski definition) is 1. The normalized spacial score (nSPS) is 15.1. The molecule has 2 aromatic rings. The maximum Gasteiger partial charge on any atom is 0.0739 e. The first kappa shape index (κ1) is 12.9. The lowest BCUT2D eigenvalue weighted by Gasteiger charge is -2.11. The average Bonchev–Trinajstić information content (AvgIpc) is 3.06. The van der Waals surface area contributed by atoms with E-state index in [1.807, 2.05) is 18.7 Å². The minimum Gasteiger partial charge on any atom is -0.344 e. The van der Waals surface area contributed by atoms with Crippen LogP contribution in [0.15, 0.2) is 22.8 Å². The van der Waals surface area contributed by atoms with Gasteiger partial charge in [-0.15, -0.1) is 0 Å². The van der Waals surface area contributed by atoms with Crippen LogP contribution in [0.25, 0.3) is 0 Å². The summed E-state index contributed by atoms with van der Waals surface area (Å²) in [5.74, 6) is 0. The Bertz CT molecular complexity index is 580. The van der Waals surface area contributed by atoms with Crippen molar-refractivity contribution in [3.8, 4) is 0 Å². The molecule has 5 heteroatoms. The molecule has 1 N–H and O–H groups in total. The van der Waals surface area contributed by atoms with Crippen LogP contribution in [0, 0.1) is 6.92 Å². The number of nitrogens with one attached hydrogen (secondary N) is 1. The molecule has 0 radical (unpaired) electrons. The van der Waals surface area contributed by atoms with Crippen molar-refractivity contribution in [3.63, 3.8) is 0 Å². The van der Waals surface area contributed by atoms with Gasteiger partial charge in [0.1, 0.15) is 0 Å². The molecule has 19 heavy (non-hydrogen) atoms. The third-order valence-corrected chi connectivity index (χ3v) is 4.69. The Morgan fingerprint density at radius 3 is 2.89 bits per heavy atom. The molecule has 0 amide bonds. The van der Waals surface area contributed by atoms with E-state index in [1.54, 1.807) is 0 Å². The number of nitrogens with zero attached hydrogens (tertiary/aromatic N) is 3. The van der Waals surface area contributed by atoms with E-state index in [4.69, 9.17) is 0 Å². The predicted molar refractivity (Wildman–Crippen MR) is 79.0 cm³/mol. The lowest BCUT2D eigenvalue weighted by molar-refractivity contribution is 0.610. The van der Waals surface area contributed by atoms with Crippen LogP contribution >= 0.6 is 15.9 Å². The van der Waals surface area contributed by atoms with Crippen molar-refractivity contribution >= 4 is 15.9 Å². The highest BCUT2D eigenvalue weighted by atomic mass is 79.9. The first-order chi connectivity index (χ1) is 9.15. The third-order valence-electron chi connectivity index (χ3n) is 3.65. The second kappa shape index (κ2) is 5.13. The number of aromatic nitrogens is 3. The van der Waals surface area contributed by atoms with Crippen LogP contribution in [-0.4, -0.2) is 20.4 Å². The highest BCUT2D eigenvalue weighted by Crippen LogP contribution is 2.22. The summed E-state index contributed by atoms with van der Waals surface area (Å²) < 4.78 is 5.36. The van der Waals surface area contributed by atoms with E-state index in [0.717, 1.165) is 29.3 Å². The SMILES string of the molecule is Cc1nn(C)c(Cn2cccc2CNC2CC2)c1Br. The second-order valence-corrected chi connectivity index (χ2v) is 6.05. The van der Waals surface area contributed by atoms with E-state index in [2.05, 4.69) is 49.2 Å². The van der Waals surface area contributed by atoms with Gasteiger partial charge in [-0.2, -0.15) is 5.10 Å². The van der Waals surface area contributed by atoms with E-state index in [-0.39, 0.29) is 0 Å². The molecule has 0 spiro atoms. The first-order valence-electron chi connectivity index (χ1n) is 6.70. The highest BCUT2D eigenvalue weighted by Gasteiger charge is 2.20. The fourth-order valence-corrected chi connectivity index (χ4v) is 2.78. The van der Waals surface area contributed by atoms with Crippen LogP contribution in [0.3, 0.4) is 0 Å². The Labute approximate surface area is 121 Å².